The van der Waals surface area contributed by atoms with Gasteiger partial charge in [-0.25, -0.2) is 4.98 Å². The Morgan fingerprint density at radius 2 is 1.80 bits per heavy atom. The number of nitrogens with zero attached hydrogens (tertiary/aromatic N) is 2. The first-order valence-electron chi connectivity index (χ1n) is 7.93. The van der Waals surface area contributed by atoms with Gasteiger partial charge in [-0.15, -0.1) is 0 Å². The van der Waals surface area contributed by atoms with E-state index in [0.29, 0.717) is 11.4 Å². The van der Waals surface area contributed by atoms with Gasteiger partial charge in [0.25, 0.3) is 0 Å². The van der Waals surface area contributed by atoms with Crippen LogP contribution in [0.2, 0.25) is 0 Å². The van der Waals surface area contributed by atoms with Crippen LogP contribution in [0.15, 0.2) is 60.7 Å². The maximum atomic E-state index is 9.64. The highest BCUT2D eigenvalue weighted by molar-refractivity contribution is 6.00. The van der Waals surface area contributed by atoms with Crippen molar-refractivity contribution in [3.05, 3.63) is 72.1 Å². The van der Waals surface area contributed by atoms with Gasteiger partial charge >= 0.3 is 0 Å². The zero-order valence-electron chi connectivity index (χ0n) is 13.7. The minimum Gasteiger partial charge on any atom is -0.496 e. The van der Waals surface area contributed by atoms with E-state index in [2.05, 4.69) is 16.0 Å². The topological polar surface area (TPSA) is 61.7 Å². The van der Waals surface area contributed by atoms with E-state index in [-0.39, 0.29) is 0 Å². The summed E-state index contributed by atoms with van der Waals surface area (Å²) in [5, 5.41) is 11.7. The number of aromatic nitrogens is 2. The monoisotopic (exact) mass is 325 g/mol. The van der Waals surface area contributed by atoms with Crippen LogP contribution in [0.5, 0.6) is 5.75 Å². The second kappa shape index (κ2) is 6.14. The van der Waals surface area contributed by atoms with Crippen molar-refractivity contribution in [3.8, 4) is 11.8 Å². The first kappa shape index (κ1) is 15.0. The largest absolute Gasteiger partial charge is 0.496 e. The van der Waals surface area contributed by atoms with Crippen LogP contribution < -0.4 is 4.74 Å². The molecule has 0 fully saturated rings. The lowest BCUT2D eigenvalue weighted by Crippen LogP contribution is -1.89. The number of rotatable bonds is 3. The number of hydrogen-bond donors (Lipinski definition) is 1. The third kappa shape index (κ3) is 2.62. The van der Waals surface area contributed by atoms with Gasteiger partial charge in [0.1, 0.15) is 17.6 Å². The molecule has 0 saturated heterocycles. The molecule has 0 aliphatic carbocycles. The Balaban J connectivity index is 1.89. The standard InChI is InChI=1S/C21H15N3O/c1-25-20-11-10-14(16-6-2-3-7-17(16)20)12-15(13-22)21-23-18-8-4-5-9-19(18)24-21/h2-12H,1H3,(H,23,24)/b15-12-. The summed E-state index contributed by atoms with van der Waals surface area (Å²) in [6.07, 6.45) is 1.86. The van der Waals surface area contributed by atoms with E-state index in [1.54, 1.807) is 7.11 Å². The van der Waals surface area contributed by atoms with Gasteiger partial charge in [0.05, 0.1) is 23.7 Å². The van der Waals surface area contributed by atoms with Gasteiger partial charge in [-0.05, 0) is 35.2 Å². The normalized spacial score (nSPS) is 11.6. The Hall–Kier alpha value is -3.58. The Morgan fingerprint density at radius 1 is 1.04 bits per heavy atom. The number of nitrogens with one attached hydrogen (secondary N) is 1. The van der Waals surface area contributed by atoms with Gasteiger partial charge < -0.3 is 9.72 Å². The van der Waals surface area contributed by atoms with Crippen molar-refractivity contribution in [1.29, 1.82) is 5.26 Å². The van der Waals surface area contributed by atoms with Crippen LogP contribution in [0.4, 0.5) is 0 Å². The third-order valence-electron chi connectivity index (χ3n) is 4.20. The highest BCUT2D eigenvalue weighted by Crippen LogP contribution is 2.30. The maximum absolute atomic E-state index is 9.64. The predicted molar refractivity (Wildman–Crippen MR) is 100 cm³/mol. The highest BCUT2D eigenvalue weighted by Gasteiger charge is 2.10. The van der Waals surface area contributed by atoms with Gasteiger partial charge in [0, 0.05) is 5.39 Å². The Kier molecular flexibility index (Phi) is 3.68. The molecule has 0 atom stereocenters. The summed E-state index contributed by atoms with van der Waals surface area (Å²) in [6.45, 7) is 0. The van der Waals surface area contributed by atoms with Crippen molar-refractivity contribution in [3.63, 3.8) is 0 Å². The molecular weight excluding hydrogens is 310 g/mol. The quantitative estimate of drug-likeness (QED) is 0.551. The van der Waals surface area contributed by atoms with E-state index in [9.17, 15) is 5.26 Å². The fourth-order valence-corrected chi connectivity index (χ4v) is 2.99. The number of allylic oxidation sites excluding steroid dienone is 1. The summed E-state index contributed by atoms with van der Waals surface area (Å²) < 4.78 is 5.43. The first-order valence-corrected chi connectivity index (χ1v) is 7.93. The Labute approximate surface area is 145 Å². The zero-order valence-corrected chi connectivity index (χ0v) is 13.7. The van der Waals surface area contributed by atoms with Crippen molar-refractivity contribution in [2.75, 3.05) is 7.11 Å². The molecule has 0 aliphatic rings. The van der Waals surface area contributed by atoms with Crippen molar-refractivity contribution in [1.82, 2.24) is 9.97 Å². The molecule has 1 N–H and O–H groups in total. The second-order valence-electron chi connectivity index (χ2n) is 5.68. The minimum atomic E-state index is 0.492. The van der Waals surface area contributed by atoms with E-state index >= 15 is 0 Å². The van der Waals surface area contributed by atoms with E-state index in [1.807, 2.05) is 66.7 Å². The van der Waals surface area contributed by atoms with Gasteiger partial charge in [0.2, 0.25) is 0 Å². The molecule has 0 aliphatic heterocycles. The maximum Gasteiger partial charge on any atom is 0.149 e. The molecule has 1 aromatic heterocycles. The van der Waals surface area contributed by atoms with Gasteiger partial charge in [-0.1, -0.05) is 42.5 Å². The minimum absolute atomic E-state index is 0.492. The highest BCUT2D eigenvalue weighted by atomic mass is 16.5. The number of para-hydroxylation sites is 2. The Morgan fingerprint density at radius 3 is 2.56 bits per heavy atom. The molecule has 120 valence electrons. The average molecular weight is 325 g/mol. The fraction of sp³-hybridized carbons (Fsp3) is 0.0476. The van der Waals surface area contributed by atoms with Crippen LogP contribution in [0.3, 0.4) is 0 Å². The number of fused-ring (bicyclic) bond motifs is 2. The molecule has 0 amide bonds. The van der Waals surface area contributed by atoms with Crippen LogP contribution in [-0.4, -0.2) is 17.1 Å². The number of H-pyrrole nitrogens is 1. The number of aromatic amines is 1. The smallest absolute Gasteiger partial charge is 0.149 e. The van der Waals surface area contributed by atoms with Crippen LogP contribution in [0.25, 0.3) is 33.5 Å². The van der Waals surface area contributed by atoms with Crippen LogP contribution in [0.1, 0.15) is 11.4 Å². The summed E-state index contributed by atoms with van der Waals surface area (Å²) in [6, 6.07) is 21.9. The summed E-state index contributed by atoms with van der Waals surface area (Å²) >= 11 is 0. The lowest BCUT2D eigenvalue weighted by Gasteiger charge is -2.08. The molecule has 25 heavy (non-hydrogen) atoms. The molecule has 0 unspecified atom stereocenters. The fourth-order valence-electron chi connectivity index (χ4n) is 2.99. The molecule has 1 heterocycles. The second-order valence-corrected chi connectivity index (χ2v) is 5.68. The molecule has 0 bridgehead atoms. The number of ether oxygens (including phenoxy) is 1. The summed E-state index contributed by atoms with van der Waals surface area (Å²) in [4.78, 5) is 7.73. The lowest BCUT2D eigenvalue weighted by atomic mass is 10.0. The van der Waals surface area contributed by atoms with Crippen LogP contribution >= 0.6 is 0 Å². The number of methoxy groups -OCH3 is 1. The molecule has 4 heteroatoms. The SMILES string of the molecule is COc1ccc(/C=C(/C#N)c2nc3ccccc3[nH]2)c2ccccc12. The molecule has 4 rings (SSSR count). The molecule has 3 aromatic carbocycles. The van der Waals surface area contributed by atoms with Crippen molar-refractivity contribution >= 4 is 33.5 Å². The van der Waals surface area contributed by atoms with Crippen molar-refractivity contribution in [2.45, 2.75) is 0 Å². The van der Waals surface area contributed by atoms with Gasteiger partial charge in [-0.3, -0.25) is 0 Å². The number of benzene rings is 3. The van der Waals surface area contributed by atoms with Gasteiger partial charge in [-0.2, -0.15) is 5.26 Å². The van der Waals surface area contributed by atoms with Crippen molar-refractivity contribution in [2.24, 2.45) is 0 Å². The number of nitriles is 1. The van der Waals surface area contributed by atoms with E-state index < -0.39 is 0 Å². The molecule has 4 aromatic rings. The number of hydrogen-bond acceptors (Lipinski definition) is 3. The molecule has 0 saturated carbocycles. The third-order valence-corrected chi connectivity index (χ3v) is 4.20. The van der Waals surface area contributed by atoms with E-state index in [0.717, 1.165) is 33.1 Å². The summed E-state index contributed by atoms with van der Waals surface area (Å²) in [7, 11) is 1.66. The van der Waals surface area contributed by atoms with E-state index in [4.69, 9.17) is 4.74 Å². The zero-order chi connectivity index (χ0) is 17.2. The molecule has 0 radical (unpaired) electrons. The molecule has 4 nitrogen and oxygen atoms in total. The summed E-state index contributed by atoms with van der Waals surface area (Å²) in [5.41, 5.74) is 3.21. The predicted octanol–water partition coefficient (Wildman–Crippen LogP) is 4.79. The van der Waals surface area contributed by atoms with Gasteiger partial charge in [0.15, 0.2) is 0 Å². The first-order chi connectivity index (χ1) is 12.3. The molecule has 0 spiro atoms. The lowest BCUT2D eigenvalue weighted by molar-refractivity contribution is 0.420. The Bertz CT molecular complexity index is 1120. The summed E-state index contributed by atoms with van der Waals surface area (Å²) in [5.74, 6) is 1.39. The van der Waals surface area contributed by atoms with E-state index in [1.165, 1.54) is 0 Å². The number of imidazole rings is 1. The van der Waals surface area contributed by atoms with Crippen LogP contribution in [-0.2, 0) is 0 Å². The average Bonchev–Trinajstić information content (AvgIpc) is 3.10. The van der Waals surface area contributed by atoms with Crippen molar-refractivity contribution < 1.29 is 4.74 Å². The van der Waals surface area contributed by atoms with Crippen LogP contribution in [0, 0.1) is 11.3 Å². The molecular formula is C21H15N3O.